The monoisotopic (exact) mass is 310 g/mol. The van der Waals surface area contributed by atoms with Gasteiger partial charge < -0.3 is 4.74 Å². The summed E-state index contributed by atoms with van der Waals surface area (Å²) in [6.07, 6.45) is 4.21. The van der Waals surface area contributed by atoms with E-state index in [4.69, 9.17) is 16.3 Å². The van der Waals surface area contributed by atoms with Crippen LogP contribution in [0.1, 0.15) is 5.69 Å². The highest BCUT2D eigenvalue weighted by atomic mass is 35.5. The van der Waals surface area contributed by atoms with Crippen LogP contribution in [0.5, 0.6) is 5.75 Å². The Hall–Kier alpha value is -1.92. The molecule has 0 aliphatic heterocycles. The zero-order chi connectivity index (χ0) is 14.6. The van der Waals surface area contributed by atoms with Gasteiger partial charge in [-0.1, -0.05) is 11.6 Å². The standard InChI is InChI=1S/C13H11ClN2O3S/c1-19-10-4-5-13(16-9-10)20(17,18)8-6-12-11(14)3-2-7-15-12/h2-9H,1H3/b8-6+. The SMILES string of the molecule is COc1ccc(S(=O)(=O)/C=C/c2ncccc2Cl)nc1. The van der Waals surface area contributed by atoms with Crippen molar-refractivity contribution in [2.75, 3.05) is 7.11 Å². The normalized spacial score (nSPS) is 11.7. The Kier molecular flexibility index (Phi) is 4.36. The molecule has 0 N–H and O–H groups in total. The van der Waals surface area contributed by atoms with E-state index in [1.54, 1.807) is 12.1 Å². The molecule has 0 amide bonds. The fourth-order valence-corrected chi connectivity index (χ4v) is 2.49. The Morgan fingerprint density at radius 2 is 2.05 bits per heavy atom. The molecule has 0 aromatic carbocycles. The number of methoxy groups -OCH3 is 1. The molecule has 104 valence electrons. The minimum absolute atomic E-state index is 0.0680. The van der Waals surface area contributed by atoms with Crippen molar-refractivity contribution < 1.29 is 13.2 Å². The highest BCUT2D eigenvalue weighted by Gasteiger charge is 2.12. The van der Waals surface area contributed by atoms with Gasteiger partial charge >= 0.3 is 0 Å². The van der Waals surface area contributed by atoms with E-state index in [0.717, 1.165) is 5.41 Å². The molecule has 0 atom stereocenters. The number of aromatic nitrogens is 2. The van der Waals surface area contributed by atoms with Gasteiger partial charge in [0.25, 0.3) is 0 Å². The number of pyridine rings is 2. The van der Waals surface area contributed by atoms with Gasteiger partial charge in [0.1, 0.15) is 5.75 Å². The second kappa shape index (κ2) is 6.02. The lowest BCUT2D eigenvalue weighted by Gasteiger charge is -2.01. The molecule has 5 nitrogen and oxygen atoms in total. The van der Waals surface area contributed by atoms with Crippen LogP contribution in [0.4, 0.5) is 0 Å². The predicted octanol–water partition coefficient (Wildman–Crippen LogP) is 2.58. The van der Waals surface area contributed by atoms with Crippen LogP contribution in [0.15, 0.2) is 47.1 Å². The van der Waals surface area contributed by atoms with Crippen LogP contribution in [0.3, 0.4) is 0 Å². The van der Waals surface area contributed by atoms with Gasteiger partial charge in [0.15, 0.2) is 5.03 Å². The van der Waals surface area contributed by atoms with Crippen LogP contribution in [-0.2, 0) is 9.84 Å². The zero-order valence-electron chi connectivity index (χ0n) is 10.5. The molecule has 0 saturated carbocycles. The van der Waals surface area contributed by atoms with Gasteiger partial charge in [0.2, 0.25) is 9.84 Å². The fourth-order valence-electron chi connectivity index (χ4n) is 1.40. The molecule has 2 heterocycles. The van der Waals surface area contributed by atoms with E-state index in [-0.39, 0.29) is 5.03 Å². The van der Waals surface area contributed by atoms with E-state index < -0.39 is 9.84 Å². The van der Waals surface area contributed by atoms with Crippen molar-refractivity contribution in [2.24, 2.45) is 0 Å². The Bertz CT molecular complexity index is 728. The van der Waals surface area contributed by atoms with Crippen LogP contribution in [0.2, 0.25) is 5.02 Å². The van der Waals surface area contributed by atoms with Crippen LogP contribution in [0, 0.1) is 0 Å². The third kappa shape index (κ3) is 3.34. The molecule has 7 heteroatoms. The summed E-state index contributed by atoms with van der Waals surface area (Å²) >= 11 is 5.90. The van der Waals surface area contributed by atoms with Crippen molar-refractivity contribution in [1.29, 1.82) is 0 Å². The molecule has 0 unspecified atom stereocenters. The lowest BCUT2D eigenvalue weighted by molar-refractivity contribution is 0.412. The first-order valence-corrected chi connectivity index (χ1v) is 7.49. The lowest BCUT2D eigenvalue weighted by atomic mass is 10.3. The van der Waals surface area contributed by atoms with Crippen LogP contribution in [-0.4, -0.2) is 25.5 Å². The molecule has 2 aromatic rings. The van der Waals surface area contributed by atoms with E-state index in [1.807, 2.05) is 0 Å². The van der Waals surface area contributed by atoms with Crippen LogP contribution < -0.4 is 4.74 Å². The Balaban J connectivity index is 2.29. The molecule has 2 aromatic heterocycles. The average molecular weight is 311 g/mol. The number of nitrogens with zero attached hydrogens (tertiary/aromatic N) is 2. The minimum Gasteiger partial charge on any atom is -0.495 e. The quantitative estimate of drug-likeness (QED) is 0.868. The molecule has 0 saturated heterocycles. The molecule has 2 rings (SSSR count). The maximum Gasteiger partial charge on any atom is 0.217 e. The number of hydrogen-bond donors (Lipinski definition) is 0. The van der Waals surface area contributed by atoms with E-state index in [9.17, 15) is 8.42 Å². The Morgan fingerprint density at radius 1 is 1.25 bits per heavy atom. The predicted molar refractivity (Wildman–Crippen MR) is 76.3 cm³/mol. The molecule has 0 spiro atoms. The molecular formula is C13H11ClN2O3S. The average Bonchev–Trinajstić information content (AvgIpc) is 2.46. The highest BCUT2D eigenvalue weighted by Crippen LogP contribution is 2.17. The Labute approximate surface area is 121 Å². The van der Waals surface area contributed by atoms with Gasteiger partial charge in [-0.15, -0.1) is 0 Å². The molecule has 0 aliphatic carbocycles. The summed E-state index contributed by atoms with van der Waals surface area (Å²) in [5.41, 5.74) is 0.381. The van der Waals surface area contributed by atoms with Crippen LogP contribution >= 0.6 is 11.6 Å². The first-order valence-electron chi connectivity index (χ1n) is 5.56. The lowest BCUT2D eigenvalue weighted by Crippen LogP contribution is -1.99. The number of rotatable bonds is 4. The van der Waals surface area contributed by atoms with Gasteiger partial charge in [-0.3, -0.25) is 4.98 Å². The van der Waals surface area contributed by atoms with Crippen molar-refractivity contribution in [3.8, 4) is 5.75 Å². The molecule has 0 aliphatic rings. The molecule has 0 fully saturated rings. The molecule has 0 bridgehead atoms. The number of ether oxygens (including phenoxy) is 1. The minimum atomic E-state index is -3.65. The Morgan fingerprint density at radius 3 is 2.65 bits per heavy atom. The first-order chi connectivity index (χ1) is 9.53. The van der Waals surface area contributed by atoms with Crippen molar-refractivity contribution in [3.63, 3.8) is 0 Å². The van der Waals surface area contributed by atoms with E-state index in [0.29, 0.717) is 16.5 Å². The largest absolute Gasteiger partial charge is 0.495 e. The summed E-state index contributed by atoms with van der Waals surface area (Å²) in [7, 11) is -2.17. The van der Waals surface area contributed by atoms with E-state index in [2.05, 4.69) is 9.97 Å². The second-order valence-corrected chi connectivity index (χ2v) is 5.94. The van der Waals surface area contributed by atoms with Crippen molar-refractivity contribution in [2.45, 2.75) is 5.03 Å². The maximum absolute atomic E-state index is 12.1. The summed E-state index contributed by atoms with van der Waals surface area (Å²) in [5, 5.41) is 1.33. The molecule has 0 radical (unpaired) electrons. The third-order valence-electron chi connectivity index (χ3n) is 2.43. The van der Waals surface area contributed by atoms with Crippen molar-refractivity contribution >= 4 is 27.5 Å². The fraction of sp³-hybridized carbons (Fsp3) is 0.0769. The van der Waals surface area contributed by atoms with Crippen LogP contribution in [0.25, 0.3) is 6.08 Å². The summed E-state index contributed by atoms with van der Waals surface area (Å²) in [6, 6.07) is 6.20. The summed E-state index contributed by atoms with van der Waals surface area (Å²) in [6.45, 7) is 0. The summed E-state index contributed by atoms with van der Waals surface area (Å²) < 4.78 is 29.0. The van der Waals surface area contributed by atoms with Gasteiger partial charge in [-0.25, -0.2) is 13.4 Å². The first kappa shape index (κ1) is 14.5. The van der Waals surface area contributed by atoms with E-state index in [1.165, 1.54) is 37.7 Å². The second-order valence-electron chi connectivity index (χ2n) is 3.75. The summed E-state index contributed by atoms with van der Waals surface area (Å²) in [4.78, 5) is 7.82. The number of hydrogen-bond acceptors (Lipinski definition) is 5. The zero-order valence-corrected chi connectivity index (χ0v) is 12.1. The van der Waals surface area contributed by atoms with Gasteiger partial charge in [-0.2, -0.15) is 0 Å². The third-order valence-corrected chi connectivity index (χ3v) is 4.07. The van der Waals surface area contributed by atoms with Crippen molar-refractivity contribution in [1.82, 2.24) is 9.97 Å². The topological polar surface area (TPSA) is 69.2 Å². The highest BCUT2D eigenvalue weighted by molar-refractivity contribution is 7.94. The van der Waals surface area contributed by atoms with Crippen molar-refractivity contribution in [3.05, 3.63) is 52.8 Å². The molecule has 20 heavy (non-hydrogen) atoms. The van der Waals surface area contributed by atoms with Gasteiger partial charge in [-0.05, 0) is 30.3 Å². The maximum atomic E-state index is 12.1. The number of sulfone groups is 1. The van der Waals surface area contributed by atoms with Gasteiger partial charge in [0.05, 0.1) is 24.0 Å². The van der Waals surface area contributed by atoms with E-state index >= 15 is 0 Å². The number of halogens is 1. The molecular weight excluding hydrogens is 300 g/mol. The smallest absolute Gasteiger partial charge is 0.217 e. The van der Waals surface area contributed by atoms with Gasteiger partial charge in [0, 0.05) is 11.6 Å². The summed E-state index contributed by atoms with van der Waals surface area (Å²) in [5.74, 6) is 0.487.